The van der Waals surface area contributed by atoms with E-state index in [1.165, 1.54) is 38.2 Å². The lowest BCUT2D eigenvalue weighted by Crippen LogP contribution is -1.91. The van der Waals surface area contributed by atoms with Crippen LogP contribution in [0.25, 0.3) is 0 Å². The molecule has 0 aromatic heterocycles. The van der Waals surface area contributed by atoms with Gasteiger partial charge in [0.05, 0.1) is 26.4 Å². The summed E-state index contributed by atoms with van der Waals surface area (Å²) in [7, 11) is 1.31. The molecule has 0 aromatic carbocycles. The quantitative estimate of drug-likeness (QED) is 0.139. The first-order valence-electron chi connectivity index (χ1n) is 7.25. The van der Waals surface area contributed by atoms with Gasteiger partial charge in [-0.2, -0.15) is 5.26 Å². The molecular formula is C19H27NO5. The number of carbonyl (C=O) groups is 1. The van der Waals surface area contributed by atoms with Crippen molar-refractivity contribution in [3.8, 4) is 6.07 Å². The van der Waals surface area contributed by atoms with E-state index in [-0.39, 0.29) is 0 Å². The maximum atomic E-state index is 9.84. The van der Waals surface area contributed by atoms with Gasteiger partial charge in [0.1, 0.15) is 25.0 Å². The van der Waals surface area contributed by atoms with Crippen molar-refractivity contribution >= 4 is 5.97 Å². The highest BCUT2D eigenvalue weighted by Crippen LogP contribution is 1.88. The molecule has 0 spiro atoms. The summed E-state index contributed by atoms with van der Waals surface area (Å²) in [4.78, 5) is 9.84. The topological polar surface area (TPSA) is 77.8 Å². The minimum atomic E-state index is -0.394. The standard InChI is InChI=1S/C12H18O3.C4H6O2.C3H3N/c1-3-5-7-13-9-11-15-12-10-14-8-6-4-2;1-3-4(5)6-2;1-2-3-4/h3-4,9-12H,1-2,5-8H2;3H,1H2,2H3;2H,1H2/b11-9+,12-10+;;. The molecule has 0 saturated heterocycles. The average molecular weight is 349 g/mol. The van der Waals surface area contributed by atoms with Gasteiger partial charge in [0, 0.05) is 12.2 Å². The van der Waals surface area contributed by atoms with E-state index in [0.717, 1.165) is 18.9 Å². The smallest absolute Gasteiger partial charge is 0.329 e. The van der Waals surface area contributed by atoms with Crippen LogP contribution >= 0.6 is 0 Å². The van der Waals surface area contributed by atoms with Crippen molar-refractivity contribution in [3.05, 3.63) is 75.7 Å². The second-order valence-corrected chi connectivity index (χ2v) is 3.64. The normalized spacial score (nSPS) is 8.48. The highest BCUT2D eigenvalue weighted by atomic mass is 16.5. The molecule has 138 valence electrons. The lowest BCUT2D eigenvalue weighted by atomic mass is 10.5. The minimum absolute atomic E-state index is 0.394. The lowest BCUT2D eigenvalue weighted by Gasteiger charge is -1.96. The molecule has 0 aliphatic rings. The molecule has 0 fully saturated rings. The van der Waals surface area contributed by atoms with Gasteiger partial charge in [0.25, 0.3) is 0 Å². The van der Waals surface area contributed by atoms with Crippen molar-refractivity contribution in [2.75, 3.05) is 20.3 Å². The van der Waals surface area contributed by atoms with Crippen molar-refractivity contribution in [3.63, 3.8) is 0 Å². The Morgan fingerprint density at radius 3 is 1.64 bits per heavy atom. The van der Waals surface area contributed by atoms with Gasteiger partial charge in [0.2, 0.25) is 0 Å². The number of nitrogens with zero attached hydrogens (tertiary/aromatic N) is 1. The summed E-state index contributed by atoms with van der Waals surface area (Å²) in [6.45, 7) is 14.6. The Bertz CT molecular complexity index is 425. The molecule has 0 amide bonds. The zero-order valence-corrected chi connectivity index (χ0v) is 14.8. The third-order valence-electron chi connectivity index (χ3n) is 1.80. The number of hydrogen-bond donors (Lipinski definition) is 0. The Kier molecular flexibility index (Phi) is 30.8. The van der Waals surface area contributed by atoms with Crippen LogP contribution < -0.4 is 0 Å². The third kappa shape index (κ3) is 38.6. The summed E-state index contributed by atoms with van der Waals surface area (Å²) in [6, 6.07) is 1.69. The van der Waals surface area contributed by atoms with Crippen LogP contribution in [0.1, 0.15) is 12.8 Å². The number of carbonyl (C=O) groups excluding carboxylic acids is 1. The van der Waals surface area contributed by atoms with Crippen molar-refractivity contribution in [1.82, 2.24) is 0 Å². The third-order valence-corrected chi connectivity index (χ3v) is 1.80. The minimum Gasteiger partial charge on any atom is -0.498 e. The molecule has 0 N–H and O–H groups in total. The van der Waals surface area contributed by atoms with Gasteiger partial charge in [0.15, 0.2) is 0 Å². The predicted octanol–water partition coefficient (Wildman–Crippen LogP) is 4.17. The highest BCUT2D eigenvalue weighted by molar-refractivity contribution is 5.80. The number of hydrogen-bond acceptors (Lipinski definition) is 6. The summed E-state index contributed by atoms with van der Waals surface area (Å²) in [5, 5.41) is 7.51. The zero-order chi connectivity index (χ0) is 19.6. The van der Waals surface area contributed by atoms with E-state index in [2.05, 4.69) is 31.1 Å². The highest BCUT2D eigenvalue weighted by Gasteiger charge is 1.82. The number of ether oxygens (including phenoxy) is 4. The average Bonchev–Trinajstić information content (AvgIpc) is 2.66. The van der Waals surface area contributed by atoms with E-state index >= 15 is 0 Å². The van der Waals surface area contributed by atoms with Crippen LogP contribution in [0, 0.1) is 11.3 Å². The summed E-state index contributed by atoms with van der Waals surface area (Å²) in [5.74, 6) is -0.394. The molecule has 0 aliphatic carbocycles. The molecule has 0 unspecified atom stereocenters. The SMILES string of the molecule is C=CC#N.C=CC(=O)OC.C=CCCO/C=C/O/C=C/OCCC=C. The van der Waals surface area contributed by atoms with Gasteiger partial charge in [-0.3, -0.25) is 0 Å². The molecule has 0 aromatic rings. The molecule has 25 heavy (non-hydrogen) atoms. The number of esters is 1. The fourth-order valence-electron chi connectivity index (χ4n) is 0.710. The first kappa shape index (κ1) is 26.7. The molecule has 6 nitrogen and oxygen atoms in total. The van der Waals surface area contributed by atoms with Crippen LogP contribution in [-0.4, -0.2) is 26.3 Å². The summed E-state index contributed by atoms with van der Waals surface area (Å²) < 4.78 is 19.2. The van der Waals surface area contributed by atoms with Crippen molar-refractivity contribution < 1.29 is 23.7 Å². The fraction of sp³-hybridized carbons (Fsp3) is 0.263. The second kappa shape index (κ2) is 28.9. The molecule has 0 rings (SSSR count). The molecule has 0 aliphatic heterocycles. The number of rotatable bonds is 11. The van der Waals surface area contributed by atoms with Crippen LogP contribution in [-0.2, 0) is 23.7 Å². The van der Waals surface area contributed by atoms with Gasteiger partial charge >= 0.3 is 5.97 Å². The van der Waals surface area contributed by atoms with Crippen molar-refractivity contribution in [2.24, 2.45) is 0 Å². The monoisotopic (exact) mass is 349 g/mol. The number of methoxy groups -OCH3 is 1. The molecule has 0 saturated carbocycles. The summed E-state index contributed by atoms with van der Waals surface area (Å²) in [5.41, 5.74) is 0. The summed E-state index contributed by atoms with van der Waals surface area (Å²) >= 11 is 0. The number of allylic oxidation sites excluding steroid dienone is 1. The Morgan fingerprint density at radius 2 is 1.40 bits per heavy atom. The van der Waals surface area contributed by atoms with E-state index < -0.39 is 5.97 Å². The molecular weight excluding hydrogens is 322 g/mol. The van der Waals surface area contributed by atoms with Crippen LogP contribution in [0.15, 0.2) is 75.7 Å². The van der Waals surface area contributed by atoms with Crippen LogP contribution in [0.2, 0.25) is 0 Å². The lowest BCUT2D eigenvalue weighted by molar-refractivity contribution is -0.134. The van der Waals surface area contributed by atoms with Crippen LogP contribution in [0.3, 0.4) is 0 Å². The van der Waals surface area contributed by atoms with Crippen LogP contribution in [0.5, 0.6) is 0 Å². The maximum absolute atomic E-state index is 9.84. The maximum Gasteiger partial charge on any atom is 0.329 e. The Hall–Kier alpha value is -3.20. The van der Waals surface area contributed by atoms with E-state index in [9.17, 15) is 4.79 Å². The molecule has 0 heterocycles. The number of nitriles is 1. The fourth-order valence-corrected chi connectivity index (χ4v) is 0.710. The molecule has 0 bridgehead atoms. The van der Waals surface area contributed by atoms with E-state index in [1.807, 2.05) is 0 Å². The Labute approximate surface area is 150 Å². The van der Waals surface area contributed by atoms with Gasteiger partial charge in [-0.25, -0.2) is 4.79 Å². The van der Waals surface area contributed by atoms with E-state index in [1.54, 1.807) is 18.2 Å². The van der Waals surface area contributed by atoms with Crippen LogP contribution in [0.4, 0.5) is 0 Å². The molecule has 6 heteroatoms. The largest absolute Gasteiger partial charge is 0.498 e. The van der Waals surface area contributed by atoms with Gasteiger partial charge in [-0.05, 0) is 12.8 Å². The first-order chi connectivity index (χ1) is 12.1. The van der Waals surface area contributed by atoms with Gasteiger partial charge in [-0.1, -0.05) is 25.3 Å². The zero-order valence-electron chi connectivity index (χ0n) is 14.8. The predicted molar refractivity (Wildman–Crippen MR) is 98.9 cm³/mol. The van der Waals surface area contributed by atoms with Gasteiger partial charge in [-0.15, -0.1) is 13.2 Å². The molecule has 0 atom stereocenters. The Balaban J connectivity index is -0.000000397. The Morgan fingerprint density at radius 1 is 0.960 bits per heavy atom. The van der Waals surface area contributed by atoms with Gasteiger partial charge < -0.3 is 18.9 Å². The first-order valence-corrected chi connectivity index (χ1v) is 7.25. The van der Waals surface area contributed by atoms with E-state index in [0.29, 0.717) is 13.2 Å². The summed E-state index contributed by atoms with van der Waals surface area (Å²) in [6.07, 6.45) is 13.4. The second-order valence-electron chi connectivity index (χ2n) is 3.64. The van der Waals surface area contributed by atoms with Crippen molar-refractivity contribution in [1.29, 1.82) is 5.26 Å². The van der Waals surface area contributed by atoms with Crippen molar-refractivity contribution in [2.45, 2.75) is 12.8 Å². The van der Waals surface area contributed by atoms with E-state index in [4.69, 9.17) is 19.5 Å². The molecule has 0 radical (unpaired) electrons.